The normalized spacial score (nSPS) is 13.1. The van der Waals surface area contributed by atoms with Crippen molar-refractivity contribution in [2.24, 2.45) is 0 Å². The van der Waals surface area contributed by atoms with Gasteiger partial charge in [-0.05, 0) is 47.4 Å². The summed E-state index contributed by atoms with van der Waals surface area (Å²) in [5.41, 5.74) is 10.2. The van der Waals surface area contributed by atoms with Crippen LogP contribution in [0, 0.1) is 5.95 Å². The van der Waals surface area contributed by atoms with Crippen LogP contribution in [0.15, 0.2) is 71.5 Å². The number of pyridine rings is 2. The number of hydrogen-bond donors (Lipinski definition) is 2. The first-order valence-electron chi connectivity index (χ1n) is 9.87. The Morgan fingerprint density at radius 1 is 1.12 bits per heavy atom. The molecular weight excluding hydrogens is 450 g/mol. The quantitative estimate of drug-likeness (QED) is 0.227. The molecule has 11 heteroatoms. The second kappa shape index (κ2) is 9.60. The van der Waals surface area contributed by atoms with Gasteiger partial charge in [0, 0.05) is 18.7 Å². The van der Waals surface area contributed by atoms with E-state index < -0.39 is 20.5 Å². The van der Waals surface area contributed by atoms with E-state index in [0.29, 0.717) is 29.9 Å². The third-order valence-electron chi connectivity index (χ3n) is 4.91. The number of aromatic nitrogens is 3. The predicted molar refractivity (Wildman–Crippen MR) is 114 cm³/mol. The van der Waals surface area contributed by atoms with Crippen molar-refractivity contribution in [2.75, 3.05) is 5.73 Å². The lowest BCUT2D eigenvalue weighted by molar-refractivity contribution is -0.712. The molecule has 1 atom stereocenters. The molecule has 0 bridgehead atoms. The Morgan fingerprint density at radius 2 is 1.85 bits per heavy atom. The summed E-state index contributed by atoms with van der Waals surface area (Å²) in [4.78, 5) is 23.2. The molecule has 4 rings (SSSR count). The Hall–Kier alpha value is -3.43. The van der Waals surface area contributed by atoms with Gasteiger partial charge in [0.15, 0.2) is 12.5 Å². The van der Waals surface area contributed by atoms with Crippen LogP contribution >= 0.6 is 7.82 Å². The van der Waals surface area contributed by atoms with Crippen LogP contribution in [0.1, 0.15) is 22.4 Å². The Morgan fingerprint density at radius 3 is 2.55 bits per heavy atom. The van der Waals surface area contributed by atoms with Crippen LogP contribution in [0.4, 0.5) is 10.2 Å². The zero-order valence-corrected chi connectivity index (χ0v) is 18.2. The number of anilines is 1. The van der Waals surface area contributed by atoms with E-state index in [9.17, 15) is 13.8 Å². The van der Waals surface area contributed by atoms with Crippen molar-refractivity contribution < 1.29 is 32.4 Å². The van der Waals surface area contributed by atoms with Crippen LogP contribution in [0.3, 0.4) is 0 Å². The minimum atomic E-state index is -4.88. The maximum Gasteiger partial charge on any atom is 0.285 e. The van der Waals surface area contributed by atoms with Gasteiger partial charge in [0.1, 0.15) is 5.56 Å². The van der Waals surface area contributed by atoms with Crippen molar-refractivity contribution >= 4 is 13.6 Å². The number of rotatable bonds is 8. The van der Waals surface area contributed by atoms with E-state index in [2.05, 4.69) is 14.7 Å². The largest absolute Gasteiger partial charge is 0.756 e. The van der Waals surface area contributed by atoms with Crippen molar-refractivity contribution in [3.05, 3.63) is 95.3 Å². The van der Waals surface area contributed by atoms with Gasteiger partial charge in [0.2, 0.25) is 5.95 Å². The van der Waals surface area contributed by atoms with Crippen LogP contribution in [0.2, 0.25) is 0 Å². The first-order chi connectivity index (χ1) is 15.8. The van der Waals surface area contributed by atoms with Gasteiger partial charge < -0.3 is 14.3 Å². The summed E-state index contributed by atoms with van der Waals surface area (Å²) in [7, 11) is -4.88. The number of nitrogens with zero attached hydrogens (tertiary/aromatic N) is 3. The molecule has 0 saturated carbocycles. The molecule has 33 heavy (non-hydrogen) atoms. The van der Waals surface area contributed by atoms with Gasteiger partial charge in [-0.1, -0.05) is 29.4 Å². The lowest BCUT2D eigenvalue weighted by atomic mass is 10.0. The van der Waals surface area contributed by atoms with Gasteiger partial charge in [0.05, 0.1) is 11.9 Å². The van der Waals surface area contributed by atoms with Crippen LogP contribution in [0.5, 0.6) is 0 Å². The van der Waals surface area contributed by atoms with Crippen molar-refractivity contribution in [3.8, 4) is 11.3 Å². The van der Waals surface area contributed by atoms with Crippen LogP contribution in [0.25, 0.3) is 11.3 Å². The number of halogens is 1. The van der Waals surface area contributed by atoms with Crippen LogP contribution in [-0.4, -0.2) is 15.0 Å². The van der Waals surface area contributed by atoms with E-state index in [1.165, 1.54) is 23.0 Å². The highest BCUT2D eigenvalue weighted by Gasteiger charge is 2.18. The molecule has 3 N–H and O–H groups in total. The maximum absolute atomic E-state index is 13.3. The standard InChI is InChI=1S/C22H20FN4O5P/c23-21-12-17(7-8-25-21)10-15-3-5-16(6-4-15)11-18-13-20(32-26-18)19-2-1-9-27(22(19)24)14-31-33(28,29)30/h1-9,12-13,24H,10-11,14H2,(H2,28,29,30). The first-order valence-corrected chi connectivity index (χ1v) is 11.4. The van der Waals surface area contributed by atoms with Gasteiger partial charge >= 0.3 is 0 Å². The minimum Gasteiger partial charge on any atom is -0.756 e. The third kappa shape index (κ3) is 6.09. The Balaban J connectivity index is 1.44. The maximum atomic E-state index is 13.3. The second-order valence-corrected chi connectivity index (χ2v) is 8.54. The SMILES string of the molecule is Nc1c(-c2cc(Cc3ccc(Cc4ccnc(F)c4)cc3)no2)ccc[n+]1COP(=O)([O-])O. The summed E-state index contributed by atoms with van der Waals surface area (Å²) in [6, 6.07) is 16.2. The number of nitrogen functional groups attached to an aromatic ring is 1. The third-order valence-corrected chi connectivity index (χ3v) is 5.35. The van der Waals surface area contributed by atoms with Crippen molar-refractivity contribution in [1.29, 1.82) is 0 Å². The molecule has 9 nitrogen and oxygen atoms in total. The summed E-state index contributed by atoms with van der Waals surface area (Å²) in [5, 5.41) is 4.09. The summed E-state index contributed by atoms with van der Waals surface area (Å²) >= 11 is 0. The number of benzene rings is 1. The number of nitrogens with two attached hydrogens (primary N) is 1. The molecule has 4 aromatic rings. The molecule has 0 amide bonds. The first kappa shape index (κ1) is 22.8. The highest BCUT2D eigenvalue weighted by molar-refractivity contribution is 7.44. The number of hydrogen-bond acceptors (Lipinski definition) is 7. The molecule has 0 radical (unpaired) electrons. The van der Waals surface area contributed by atoms with E-state index in [0.717, 1.165) is 16.7 Å². The summed E-state index contributed by atoms with van der Waals surface area (Å²) in [6.45, 7) is -0.476. The lowest BCUT2D eigenvalue weighted by Gasteiger charge is -2.14. The smallest absolute Gasteiger partial charge is 0.285 e. The fourth-order valence-corrected chi connectivity index (χ4v) is 3.58. The zero-order chi connectivity index (χ0) is 23.4. The minimum absolute atomic E-state index is 0.186. The van der Waals surface area contributed by atoms with Crippen molar-refractivity contribution in [3.63, 3.8) is 0 Å². The van der Waals surface area contributed by atoms with Gasteiger partial charge in [0.25, 0.3) is 13.6 Å². The number of phosphoric acid groups is 1. The molecule has 3 aromatic heterocycles. The molecule has 1 unspecified atom stereocenters. The molecule has 0 spiro atoms. The van der Waals surface area contributed by atoms with E-state index >= 15 is 0 Å². The molecule has 0 aliphatic carbocycles. The van der Waals surface area contributed by atoms with Gasteiger partial charge in [-0.15, -0.1) is 0 Å². The zero-order valence-electron chi connectivity index (χ0n) is 17.3. The average molecular weight is 470 g/mol. The van der Waals surface area contributed by atoms with E-state index in [1.807, 2.05) is 24.3 Å². The topological polar surface area (TPSA) is 138 Å². The highest BCUT2D eigenvalue weighted by Crippen LogP contribution is 2.30. The van der Waals surface area contributed by atoms with E-state index in [-0.39, 0.29) is 5.82 Å². The van der Waals surface area contributed by atoms with Gasteiger partial charge in [-0.2, -0.15) is 4.39 Å². The van der Waals surface area contributed by atoms with Crippen LogP contribution in [-0.2, 0) is 28.7 Å². The fourth-order valence-electron chi connectivity index (χ4n) is 3.31. The molecule has 170 valence electrons. The molecule has 0 saturated heterocycles. The van der Waals surface area contributed by atoms with Crippen molar-refractivity contribution in [1.82, 2.24) is 10.1 Å². The van der Waals surface area contributed by atoms with Crippen LogP contribution < -0.4 is 15.2 Å². The van der Waals surface area contributed by atoms with E-state index in [1.54, 1.807) is 24.3 Å². The second-order valence-electron chi connectivity index (χ2n) is 7.34. The molecule has 0 aliphatic rings. The van der Waals surface area contributed by atoms with E-state index in [4.69, 9.17) is 15.2 Å². The summed E-state index contributed by atoms with van der Waals surface area (Å²) in [6.07, 6.45) is 4.08. The van der Waals surface area contributed by atoms with Gasteiger partial charge in [-0.3, -0.25) is 14.8 Å². The Kier molecular flexibility index (Phi) is 6.62. The average Bonchev–Trinajstić information content (AvgIpc) is 3.22. The lowest BCUT2D eigenvalue weighted by Crippen LogP contribution is -2.38. The summed E-state index contributed by atoms with van der Waals surface area (Å²) < 4.78 is 35.2. The molecule has 0 fully saturated rings. The Bertz CT molecular complexity index is 1310. The fraction of sp³-hybridized carbons (Fsp3) is 0.136. The molecule has 0 aliphatic heterocycles. The van der Waals surface area contributed by atoms with Crippen molar-refractivity contribution in [2.45, 2.75) is 19.6 Å². The monoisotopic (exact) mass is 470 g/mol. The van der Waals surface area contributed by atoms with Gasteiger partial charge in [-0.25, -0.2) is 9.55 Å². The highest BCUT2D eigenvalue weighted by atomic mass is 31.2. The molecular formula is C22H20FN4O5P. The summed E-state index contributed by atoms with van der Waals surface area (Å²) in [5.74, 6) is 0.0925. The molecule has 1 aromatic carbocycles. The molecule has 3 heterocycles. The Labute approximate surface area is 188 Å². The number of phosphoric ester groups is 1. The predicted octanol–water partition coefficient (Wildman–Crippen LogP) is 2.36.